The van der Waals surface area contributed by atoms with Gasteiger partial charge < -0.3 is 29.9 Å². The summed E-state index contributed by atoms with van der Waals surface area (Å²) < 4.78 is 12.4. The number of rotatable bonds is 15. The lowest BCUT2D eigenvalue weighted by Crippen LogP contribution is -2.58. The van der Waals surface area contributed by atoms with Crippen LogP contribution in [0.4, 0.5) is 0 Å². The lowest BCUT2D eigenvalue weighted by molar-refractivity contribution is -0.143. The van der Waals surface area contributed by atoms with Crippen molar-refractivity contribution in [2.24, 2.45) is 0 Å². The van der Waals surface area contributed by atoms with Crippen LogP contribution in [0.2, 0.25) is 0 Å². The molecule has 10 heteroatoms. The van der Waals surface area contributed by atoms with Crippen LogP contribution in [0, 0.1) is 3.57 Å². The minimum Gasteiger partial charge on any atom is -0.493 e. The van der Waals surface area contributed by atoms with Crippen LogP contribution in [0.5, 0.6) is 11.5 Å². The normalized spacial score (nSPS) is 21.1. The zero-order valence-electron chi connectivity index (χ0n) is 24.3. The van der Waals surface area contributed by atoms with E-state index in [0.29, 0.717) is 32.6 Å². The number of amides is 2. The molecule has 0 aliphatic heterocycles. The largest absolute Gasteiger partial charge is 0.493 e. The molecule has 1 fully saturated rings. The van der Waals surface area contributed by atoms with E-state index in [4.69, 9.17) is 9.47 Å². The molecule has 2 aliphatic carbocycles. The van der Waals surface area contributed by atoms with Gasteiger partial charge in [-0.1, -0.05) is 51.9 Å². The molecule has 41 heavy (non-hydrogen) atoms. The minimum absolute atomic E-state index is 0.00593. The number of carbonyl (C=O) groups is 3. The number of unbranched alkanes of at least 4 members (excludes halogenated alkanes) is 4. The molecule has 228 valence electrons. The highest BCUT2D eigenvalue weighted by molar-refractivity contribution is 14.1. The number of hydrogen-bond donors (Lipinski definition) is 3. The Hall–Kier alpha value is -2.18. The third kappa shape index (κ3) is 9.15. The number of benzene rings is 1. The first-order chi connectivity index (χ1) is 19.8. The molecule has 9 nitrogen and oxygen atoms in total. The molecule has 2 amide bonds. The van der Waals surface area contributed by atoms with Crippen molar-refractivity contribution in [2.45, 2.75) is 108 Å². The highest BCUT2D eigenvalue weighted by atomic mass is 127. The fraction of sp³-hybridized carbons (Fsp3) is 0.645. The SMILES string of the molecule is CCCCCCCC(=O)N(C1CCCCC1)[C@@H]1CC(C(=O)NCCO)=C[C@H](Oc2c(I)cc(C=O)cc2OC)[C@H]1O. The van der Waals surface area contributed by atoms with Crippen molar-refractivity contribution in [3.05, 3.63) is 32.9 Å². The second-order valence-corrected chi connectivity index (χ2v) is 12.1. The van der Waals surface area contributed by atoms with Crippen molar-refractivity contribution >= 4 is 40.7 Å². The van der Waals surface area contributed by atoms with Gasteiger partial charge in [-0.2, -0.15) is 0 Å². The lowest BCUT2D eigenvalue weighted by Gasteiger charge is -2.45. The number of ether oxygens (including phenoxy) is 2. The van der Waals surface area contributed by atoms with E-state index in [1.807, 2.05) is 27.5 Å². The Morgan fingerprint density at radius 1 is 1.15 bits per heavy atom. The predicted molar refractivity (Wildman–Crippen MR) is 165 cm³/mol. The van der Waals surface area contributed by atoms with Gasteiger partial charge in [-0.05, 0) is 60.1 Å². The number of nitrogens with zero attached hydrogens (tertiary/aromatic N) is 1. The van der Waals surface area contributed by atoms with Crippen molar-refractivity contribution < 1.29 is 34.1 Å². The van der Waals surface area contributed by atoms with Crippen LogP contribution in [0.25, 0.3) is 0 Å². The first-order valence-corrected chi connectivity index (χ1v) is 16.0. The van der Waals surface area contributed by atoms with Gasteiger partial charge in [0.15, 0.2) is 11.5 Å². The van der Waals surface area contributed by atoms with E-state index in [0.717, 1.165) is 70.5 Å². The van der Waals surface area contributed by atoms with Gasteiger partial charge in [0, 0.05) is 36.6 Å². The molecule has 1 aromatic carbocycles. The molecule has 3 atom stereocenters. The molecule has 3 N–H and O–H groups in total. The number of methoxy groups -OCH3 is 1. The quantitative estimate of drug-likeness (QED) is 0.141. The molecule has 0 unspecified atom stereocenters. The summed E-state index contributed by atoms with van der Waals surface area (Å²) >= 11 is 2.05. The van der Waals surface area contributed by atoms with Gasteiger partial charge in [0.2, 0.25) is 11.8 Å². The van der Waals surface area contributed by atoms with Crippen LogP contribution >= 0.6 is 22.6 Å². The highest BCUT2D eigenvalue weighted by Gasteiger charge is 2.43. The van der Waals surface area contributed by atoms with Crippen LogP contribution in [0.1, 0.15) is 94.3 Å². The van der Waals surface area contributed by atoms with E-state index in [1.165, 1.54) is 7.11 Å². The third-order valence-corrected chi connectivity index (χ3v) is 8.76. The standard InChI is InChI=1S/C31H45IN2O7/c1-3-4-5-6-10-13-28(37)34(23-11-8-7-9-12-23)25-18-22(31(39)33-14-15-35)19-26(29(25)38)41-30-24(32)16-21(20-36)17-27(30)40-2/h16-17,19-20,23,25-26,29,35,38H,3-15,18H2,1-2H3,(H,33,39)/t25-,26+,29+/m1/s1. The van der Waals surface area contributed by atoms with Gasteiger partial charge >= 0.3 is 0 Å². The van der Waals surface area contributed by atoms with E-state index in [1.54, 1.807) is 18.2 Å². The number of carbonyl (C=O) groups excluding carboxylic acids is 3. The predicted octanol–water partition coefficient (Wildman–Crippen LogP) is 4.55. The molecule has 0 heterocycles. The van der Waals surface area contributed by atoms with Crippen molar-refractivity contribution in [1.29, 1.82) is 0 Å². The topological polar surface area (TPSA) is 125 Å². The van der Waals surface area contributed by atoms with Crippen molar-refractivity contribution in [3.63, 3.8) is 0 Å². The van der Waals surface area contributed by atoms with E-state index < -0.39 is 18.2 Å². The summed E-state index contributed by atoms with van der Waals surface area (Å²) in [5.41, 5.74) is 0.821. The summed E-state index contributed by atoms with van der Waals surface area (Å²) in [5, 5.41) is 23.7. The van der Waals surface area contributed by atoms with Gasteiger partial charge in [0.1, 0.15) is 18.5 Å². The molecule has 2 aliphatic rings. The molecule has 3 rings (SSSR count). The van der Waals surface area contributed by atoms with Gasteiger partial charge in [-0.15, -0.1) is 0 Å². The Balaban J connectivity index is 1.96. The van der Waals surface area contributed by atoms with Gasteiger partial charge in [0.05, 0.1) is 23.3 Å². The van der Waals surface area contributed by atoms with E-state index in [-0.39, 0.29) is 37.4 Å². The van der Waals surface area contributed by atoms with Crippen molar-refractivity contribution in [3.8, 4) is 11.5 Å². The number of nitrogens with one attached hydrogen (secondary N) is 1. The number of hydrogen-bond acceptors (Lipinski definition) is 7. The van der Waals surface area contributed by atoms with E-state index in [9.17, 15) is 24.6 Å². The van der Waals surface area contributed by atoms with Crippen LogP contribution in [-0.2, 0) is 9.59 Å². The van der Waals surface area contributed by atoms with Crippen LogP contribution < -0.4 is 14.8 Å². The fourth-order valence-corrected chi connectivity index (χ4v) is 6.59. The first kappa shape index (κ1) is 33.3. The fourth-order valence-electron chi connectivity index (χ4n) is 5.83. The van der Waals surface area contributed by atoms with Crippen molar-refractivity contribution in [1.82, 2.24) is 10.2 Å². The van der Waals surface area contributed by atoms with Gasteiger partial charge in [-0.25, -0.2) is 0 Å². The molecule has 1 aromatic rings. The lowest BCUT2D eigenvalue weighted by atomic mass is 9.85. The van der Waals surface area contributed by atoms with Gasteiger partial charge in [-0.3, -0.25) is 14.4 Å². The molecule has 0 radical (unpaired) electrons. The average molecular weight is 685 g/mol. The summed E-state index contributed by atoms with van der Waals surface area (Å²) in [6.07, 6.45) is 10.9. The molecule has 0 aromatic heterocycles. The summed E-state index contributed by atoms with van der Waals surface area (Å²) in [7, 11) is 1.47. The third-order valence-electron chi connectivity index (χ3n) is 7.96. The second kappa shape index (κ2) is 17.1. The monoisotopic (exact) mass is 684 g/mol. The number of aliphatic hydroxyl groups excluding tert-OH is 2. The highest BCUT2D eigenvalue weighted by Crippen LogP contribution is 2.38. The Kier molecular flexibility index (Phi) is 13.9. The average Bonchev–Trinajstić information content (AvgIpc) is 2.98. The summed E-state index contributed by atoms with van der Waals surface area (Å²) in [5.74, 6) is 0.329. The second-order valence-electron chi connectivity index (χ2n) is 10.9. The molecule has 0 bridgehead atoms. The van der Waals surface area contributed by atoms with Crippen LogP contribution in [0.15, 0.2) is 23.8 Å². The molecule has 0 saturated heterocycles. The maximum absolute atomic E-state index is 13.8. The smallest absolute Gasteiger partial charge is 0.247 e. The maximum Gasteiger partial charge on any atom is 0.247 e. The zero-order chi connectivity index (χ0) is 29.8. The Bertz CT molecular complexity index is 1060. The van der Waals surface area contributed by atoms with Crippen molar-refractivity contribution in [2.75, 3.05) is 20.3 Å². The minimum atomic E-state index is -1.10. The summed E-state index contributed by atoms with van der Waals surface area (Å²) in [6.45, 7) is 2.05. The number of halogens is 1. The molecule has 1 saturated carbocycles. The Morgan fingerprint density at radius 2 is 1.88 bits per heavy atom. The van der Waals surface area contributed by atoms with Gasteiger partial charge in [0.25, 0.3) is 0 Å². The van der Waals surface area contributed by atoms with E-state index >= 15 is 0 Å². The number of aliphatic hydroxyl groups is 2. The van der Waals surface area contributed by atoms with Crippen LogP contribution in [0.3, 0.4) is 0 Å². The summed E-state index contributed by atoms with van der Waals surface area (Å²) in [4.78, 5) is 40.2. The first-order valence-electron chi connectivity index (χ1n) is 14.9. The molecular formula is C31H45IN2O7. The number of aldehydes is 1. The van der Waals surface area contributed by atoms with E-state index in [2.05, 4.69) is 12.2 Å². The molecular weight excluding hydrogens is 639 g/mol. The maximum atomic E-state index is 13.8. The van der Waals surface area contributed by atoms with Crippen LogP contribution in [-0.4, -0.2) is 77.8 Å². The summed E-state index contributed by atoms with van der Waals surface area (Å²) in [6, 6.07) is 2.57. The zero-order valence-corrected chi connectivity index (χ0v) is 26.4. The Morgan fingerprint density at radius 3 is 2.54 bits per heavy atom. The molecule has 0 spiro atoms. The Labute approximate surface area is 257 Å².